The van der Waals surface area contributed by atoms with E-state index in [-0.39, 0.29) is 30.0 Å². The van der Waals surface area contributed by atoms with E-state index in [1.54, 1.807) is 0 Å². The van der Waals surface area contributed by atoms with E-state index in [1.807, 2.05) is 24.3 Å². The molecule has 0 N–H and O–H groups in total. The van der Waals surface area contributed by atoms with Gasteiger partial charge in [-0.15, -0.1) is 6.42 Å². The van der Waals surface area contributed by atoms with Crippen LogP contribution in [0.5, 0.6) is 5.75 Å². The Kier molecular flexibility index (Phi) is 3.83. The number of para-hydroxylation sites is 1. The topological polar surface area (TPSA) is 63.7 Å². The van der Waals surface area contributed by atoms with Gasteiger partial charge in [0.1, 0.15) is 5.75 Å². The minimum absolute atomic E-state index is 0.0138. The number of nitrogens with zero attached hydrogens (tertiary/aromatic N) is 1. The number of rotatable bonds is 3. The number of fused-ring (bicyclic) bond motifs is 1. The molecule has 0 spiro atoms. The second-order valence-electron chi connectivity index (χ2n) is 5.65. The largest absolute Gasteiger partial charge is 0.480 e. The molecule has 0 aliphatic carbocycles. The fourth-order valence-electron chi connectivity index (χ4n) is 3.01. The molecule has 22 heavy (non-hydrogen) atoms. The van der Waals surface area contributed by atoms with Gasteiger partial charge in [-0.3, -0.25) is 4.79 Å². The molecule has 3 rings (SSSR count). The predicted octanol–water partition coefficient (Wildman–Crippen LogP) is 0.639. The maximum Gasteiger partial charge on any atom is 0.265 e. The van der Waals surface area contributed by atoms with Gasteiger partial charge in [-0.25, -0.2) is 8.42 Å². The van der Waals surface area contributed by atoms with Crippen LogP contribution in [0.4, 0.5) is 0 Å². The van der Waals surface area contributed by atoms with Crippen molar-refractivity contribution in [2.75, 3.05) is 18.1 Å². The molecule has 1 amide bonds. The van der Waals surface area contributed by atoms with E-state index in [4.69, 9.17) is 11.2 Å². The van der Waals surface area contributed by atoms with Crippen molar-refractivity contribution in [2.24, 2.45) is 0 Å². The number of hydrogen-bond acceptors (Lipinski definition) is 4. The number of hydrogen-bond donors (Lipinski definition) is 0. The van der Waals surface area contributed by atoms with Gasteiger partial charge < -0.3 is 9.64 Å². The summed E-state index contributed by atoms with van der Waals surface area (Å²) in [6.45, 7) is 0.106. The third kappa shape index (κ3) is 2.81. The summed E-state index contributed by atoms with van der Waals surface area (Å²) < 4.78 is 29.0. The van der Waals surface area contributed by atoms with Gasteiger partial charge in [0, 0.05) is 12.5 Å². The van der Waals surface area contributed by atoms with Gasteiger partial charge in [-0.2, -0.15) is 0 Å². The zero-order valence-corrected chi connectivity index (χ0v) is 12.9. The van der Waals surface area contributed by atoms with Crippen molar-refractivity contribution < 1.29 is 17.9 Å². The van der Waals surface area contributed by atoms with Crippen LogP contribution in [0.1, 0.15) is 12.0 Å². The predicted molar refractivity (Wildman–Crippen MR) is 82.2 cm³/mol. The zero-order chi connectivity index (χ0) is 15.7. The lowest BCUT2D eigenvalue weighted by atomic mass is 10.1. The van der Waals surface area contributed by atoms with E-state index in [9.17, 15) is 13.2 Å². The lowest BCUT2D eigenvalue weighted by Gasteiger charge is -2.28. The monoisotopic (exact) mass is 319 g/mol. The van der Waals surface area contributed by atoms with Crippen LogP contribution < -0.4 is 4.74 Å². The summed E-state index contributed by atoms with van der Waals surface area (Å²) in [5, 5.41) is 0. The van der Waals surface area contributed by atoms with Crippen molar-refractivity contribution in [3.05, 3.63) is 29.8 Å². The second kappa shape index (κ2) is 5.65. The van der Waals surface area contributed by atoms with Gasteiger partial charge in [0.2, 0.25) is 0 Å². The minimum atomic E-state index is -3.07. The molecule has 2 aliphatic heterocycles. The normalized spacial score (nSPS) is 25.0. The highest BCUT2D eigenvalue weighted by atomic mass is 32.2. The van der Waals surface area contributed by atoms with Crippen LogP contribution in [0.2, 0.25) is 0 Å². The first kappa shape index (κ1) is 14.9. The van der Waals surface area contributed by atoms with Crippen molar-refractivity contribution in [2.45, 2.75) is 25.0 Å². The molecule has 2 atom stereocenters. The number of ether oxygens (including phenoxy) is 1. The molecule has 1 saturated heterocycles. The summed E-state index contributed by atoms with van der Waals surface area (Å²) in [4.78, 5) is 14.2. The molecule has 0 aromatic heterocycles. The highest BCUT2D eigenvalue weighted by Gasteiger charge is 2.39. The summed E-state index contributed by atoms with van der Waals surface area (Å²) in [7, 11) is -3.07. The van der Waals surface area contributed by atoms with Crippen LogP contribution in [-0.4, -0.2) is 49.4 Å². The van der Waals surface area contributed by atoms with Crippen molar-refractivity contribution in [3.63, 3.8) is 0 Å². The van der Waals surface area contributed by atoms with Gasteiger partial charge in [-0.1, -0.05) is 24.1 Å². The highest BCUT2D eigenvalue weighted by Crippen LogP contribution is 2.30. The molecule has 116 valence electrons. The van der Waals surface area contributed by atoms with Crippen LogP contribution in [0.3, 0.4) is 0 Å². The van der Waals surface area contributed by atoms with Gasteiger partial charge in [0.15, 0.2) is 15.9 Å². The lowest BCUT2D eigenvalue weighted by Crippen LogP contribution is -2.47. The molecule has 2 heterocycles. The Hall–Kier alpha value is -2.00. The number of benzene rings is 1. The van der Waals surface area contributed by atoms with Crippen LogP contribution in [0.25, 0.3) is 0 Å². The highest BCUT2D eigenvalue weighted by molar-refractivity contribution is 7.91. The van der Waals surface area contributed by atoms with Crippen LogP contribution >= 0.6 is 0 Å². The summed E-state index contributed by atoms with van der Waals surface area (Å²) in [5.41, 5.74) is 0.987. The Morgan fingerprint density at radius 1 is 1.41 bits per heavy atom. The summed E-state index contributed by atoms with van der Waals surface area (Å²) in [5.74, 6) is 3.03. The number of sulfone groups is 1. The van der Waals surface area contributed by atoms with Crippen molar-refractivity contribution in [1.29, 1.82) is 0 Å². The molecule has 1 fully saturated rings. The third-order valence-corrected chi connectivity index (χ3v) is 5.87. The third-order valence-electron chi connectivity index (χ3n) is 4.12. The Balaban J connectivity index is 1.76. The average molecular weight is 319 g/mol. The smallest absolute Gasteiger partial charge is 0.265 e. The number of amides is 1. The van der Waals surface area contributed by atoms with Crippen LogP contribution in [0, 0.1) is 12.3 Å². The molecule has 1 aromatic carbocycles. The minimum Gasteiger partial charge on any atom is -0.480 e. The molecule has 0 bridgehead atoms. The first-order chi connectivity index (χ1) is 10.5. The Morgan fingerprint density at radius 2 is 2.18 bits per heavy atom. The Bertz CT molecular complexity index is 710. The van der Waals surface area contributed by atoms with Crippen molar-refractivity contribution in [3.8, 4) is 18.1 Å². The van der Waals surface area contributed by atoms with E-state index in [1.165, 1.54) is 4.90 Å². The fourth-order valence-corrected chi connectivity index (χ4v) is 4.74. The van der Waals surface area contributed by atoms with E-state index < -0.39 is 15.9 Å². The zero-order valence-electron chi connectivity index (χ0n) is 12.1. The Morgan fingerprint density at radius 3 is 2.82 bits per heavy atom. The maximum absolute atomic E-state index is 12.7. The molecule has 5 nitrogen and oxygen atoms in total. The average Bonchev–Trinajstić information content (AvgIpc) is 3.07. The van der Waals surface area contributed by atoms with E-state index in [0.29, 0.717) is 18.6 Å². The molecular weight excluding hydrogens is 302 g/mol. The standard InChI is InChI=1S/C16H17NO4S/c1-2-8-17(13-7-9-22(19,20)11-13)16(18)15-10-12-5-3-4-6-14(12)21-15/h1,3-6,13,15H,7-11H2/t13-,15-/m0/s1. The van der Waals surface area contributed by atoms with Crippen molar-refractivity contribution >= 4 is 15.7 Å². The maximum atomic E-state index is 12.7. The van der Waals surface area contributed by atoms with E-state index >= 15 is 0 Å². The van der Waals surface area contributed by atoms with Crippen molar-refractivity contribution in [1.82, 2.24) is 4.90 Å². The van der Waals surface area contributed by atoms with Gasteiger partial charge in [0.05, 0.1) is 18.1 Å². The SMILES string of the molecule is C#CCN(C(=O)[C@@H]1Cc2ccccc2O1)[C@H]1CCS(=O)(=O)C1. The van der Waals surface area contributed by atoms with E-state index in [0.717, 1.165) is 5.56 Å². The molecule has 0 radical (unpaired) electrons. The first-order valence-corrected chi connectivity index (χ1v) is 9.01. The summed E-state index contributed by atoms with van der Waals surface area (Å²) in [6.07, 6.45) is 5.67. The molecule has 0 unspecified atom stereocenters. The summed E-state index contributed by atoms with van der Waals surface area (Å²) >= 11 is 0. The fraction of sp³-hybridized carbons (Fsp3) is 0.438. The Labute approximate surface area is 130 Å². The number of terminal acetylenes is 1. The molecular formula is C16H17NO4S. The molecule has 1 aromatic rings. The second-order valence-corrected chi connectivity index (χ2v) is 7.87. The quantitative estimate of drug-likeness (QED) is 0.767. The van der Waals surface area contributed by atoms with Gasteiger partial charge >= 0.3 is 0 Å². The number of carbonyl (C=O) groups excluding carboxylic acids is 1. The number of carbonyl (C=O) groups is 1. The summed E-state index contributed by atoms with van der Waals surface area (Å²) in [6, 6.07) is 7.16. The van der Waals surface area contributed by atoms with E-state index in [2.05, 4.69) is 5.92 Å². The van der Waals surface area contributed by atoms with Gasteiger partial charge in [-0.05, 0) is 18.1 Å². The molecule has 6 heteroatoms. The molecule has 2 aliphatic rings. The van der Waals surface area contributed by atoms with Crippen LogP contribution in [0.15, 0.2) is 24.3 Å². The first-order valence-electron chi connectivity index (χ1n) is 7.19. The lowest BCUT2D eigenvalue weighted by molar-refractivity contribution is -0.139. The molecule has 0 saturated carbocycles. The van der Waals surface area contributed by atoms with Gasteiger partial charge in [0.25, 0.3) is 5.91 Å². The van der Waals surface area contributed by atoms with Crippen LogP contribution in [-0.2, 0) is 21.1 Å².